The predicted molar refractivity (Wildman–Crippen MR) is 57.8 cm³/mol. The molecular formula is C7H17NO5S2. The van der Waals surface area contributed by atoms with Gasteiger partial charge in [0.25, 0.3) is 0 Å². The Labute approximate surface area is 90.9 Å². The normalized spacial score (nSPS) is 15.5. The fraction of sp³-hybridized carbons (Fsp3) is 1.00. The minimum absolute atomic E-state index is 0.0918. The first-order chi connectivity index (χ1) is 6.61. The Morgan fingerprint density at radius 1 is 1.27 bits per heavy atom. The number of hydrogen-bond acceptors (Lipinski definition) is 5. The Morgan fingerprint density at radius 2 is 1.73 bits per heavy atom. The van der Waals surface area contributed by atoms with E-state index in [2.05, 4.69) is 0 Å². The van der Waals surface area contributed by atoms with E-state index in [1.54, 1.807) is 0 Å². The molecule has 0 aromatic carbocycles. The fourth-order valence-corrected chi connectivity index (χ4v) is 2.69. The molecule has 0 aromatic heterocycles. The minimum Gasteiger partial charge on any atom is -0.395 e. The van der Waals surface area contributed by atoms with Gasteiger partial charge in [-0.2, -0.15) is 0 Å². The summed E-state index contributed by atoms with van der Waals surface area (Å²) in [6.45, 7) is 0.795. The molecule has 1 atom stereocenters. The summed E-state index contributed by atoms with van der Waals surface area (Å²) < 4.78 is 45.7. The van der Waals surface area contributed by atoms with Crippen molar-refractivity contribution in [2.45, 2.75) is 12.2 Å². The Kier molecular flexibility index (Phi) is 5.18. The van der Waals surface area contributed by atoms with Crippen LogP contribution in [0.2, 0.25) is 0 Å². The van der Waals surface area contributed by atoms with Gasteiger partial charge in [0.15, 0.2) is 0 Å². The van der Waals surface area contributed by atoms with E-state index in [4.69, 9.17) is 5.11 Å². The molecular weight excluding hydrogens is 242 g/mol. The summed E-state index contributed by atoms with van der Waals surface area (Å²) in [5, 5.41) is 7.81. The quantitative estimate of drug-likeness (QED) is 0.638. The maximum absolute atomic E-state index is 11.5. The molecule has 0 amide bonds. The van der Waals surface area contributed by atoms with Gasteiger partial charge in [-0.15, -0.1) is 0 Å². The number of aliphatic hydroxyl groups is 1. The van der Waals surface area contributed by atoms with Crippen molar-refractivity contribution in [1.82, 2.24) is 4.31 Å². The topological polar surface area (TPSA) is 91.8 Å². The molecule has 0 spiro atoms. The maximum atomic E-state index is 11.5. The predicted octanol–water partition coefficient (Wildman–Crippen LogP) is -1.33. The molecule has 0 fully saturated rings. The van der Waals surface area contributed by atoms with Crippen LogP contribution in [0, 0.1) is 0 Å². The van der Waals surface area contributed by atoms with Gasteiger partial charge in [0.05, 0.1) is 17.6 Å². The molecule has 0 aliphatic rings. The number of sulfonamides is 1. The van der Waals surface area contributed by atoms with Crippen LogP contribution >= 0.6 is 0 Å². The van der Waals surface area contributed by atoms with Crippen LogP contribution in [0.15, 0.2) is 0 Å². The molecule has 0 bridgehead atoms. The van der Waals surface area contributed by atoms with Gasteiger partial charge in [-0.25, -0.2) is 21.1 Å². The van der Waals surface area contributed by atoms with Crippen molar-refractivity contribution in [2.24, 2.45) is 0 Å². The molecule has 0 heterocycles. The van der Waals surface area contributed by atoms with E-state index in [1.165, 1.54) is 14.0 Å². The first-order valence-electron chi connectivity index (χ1n) is 4.35. The lowest BCUT2D eigenvalue weighted by Gasteiger charge is -2.20. The van der Waals surface area contributed by atoms with Crippen LogP contribution in [0.1, 0.15) is 6.92 Å². The van der Waals surface area contributed by atoms with Gasteiger partial charge in [0.2, 0.25) is 10.0 Å². The molecule has 1 unspecified atom stereocenters. The fourth-order valence-electron chi connectivity index (χ4n) is 0.823. The SMILES string of the molecule is CC(CO)S(=O)(=O)N(C)CCS(C)(=O)=O. The summed E-state index contributed by atoms with van der Waals surface area (Å²) in [7, 11) is -5.47. The zero-order chi connectivity index (χ0) is 12.3. The number of aliphatic hydroxyl groups excluding tert-OH is 1. The van der Waals surface area contributed by atoms with Gasteiger partial charge in [-0.3, -0.25) is 0 Å². The van der Waals surface area contributed by atoms with E-state index in [0.29, 0.717) is 0 Å². The van der Waals surface area contributed by atoms with Crippen molar-refractivity contribution in [2.75, 3.05) is 32.2 Å². The van der Waals surface area contributed by atoms with E-state index < -0.39 is 31.7 Å². The maximum Gasteiger partial charge on any atom is 0.218 e. The summed E-state index contributed by atoms with van der Waals surface area (Å²) in [4.78, 5) is 0. The Morgan fingerprint density at radius 3 is 2.07 bits per heavy atom. The first kappa shape index (κ1) is 14.8. The largest absolute Gasteiger partial charge is 0.395 e. The third-order valence-electron chi connectivity index (χ3n) is 1.98. The van der Waals surface area contributed by atoms with Gasteiger partial charge < -0.3 is 5.11 Å². The Bertz CT molecular complexity index is 386. The average Bonchev–Trinajstić information content (AvgIpc) is 2.11. The van der Waals surface area contributed by atoms with Crippen LogP contribution < -0.4 is 0 Å². The van der Waals surface area contributed by atoms with E-state index in [9.17, 15) is 16.8 Å². The van der Waals surface area contributed by atoms with Gasteiger partial charge in [0.1, 0.15) is 9.84 Å². The molecule has 0 saturated carbocycles. The lowest BCUT2D eigenvalue weighted by molar-refractivity contribution is 0.291. The molecule has 0 aliphatic heterocycles. The molecule has 0 aliphatic carbocycles. The first-order valence-corrected chi connectivity index (χ1v) is 7.91. The number of rotatable bonds is 6. The summed E-state index contributed by atoms with van der Waals surface area (Å²) in [5.41, 5.74) is 0. The van der Waals surface area contributed by atoms with E-state index in [-0.39, 0.29) is 12.3 Å². The number of sulfone groups is 1. The van der Waals surface area contributed by atoms with E-state index in [0.717, 1.165) is 10.6 Å². The van der Waals surface area contributed by atoms with E-state index in [1.807, 2.05) is 0 Å². The molecule has 8 heteroatoms. The summed E-state index contributed by atoms with van der Waals surface area (Å²) in [5.74, 6) is -0.221. The second-order valence-electron chi connectivity index (χ2n) is 3.49. The van der Waals surface area contributed by atoms with Gasteiger partial charge in [-0.1, -0.05) is 0 Å². The second-order valence-corrected chi connectivity index (χ2v) is 8.21. The zero-order valence-electron chi connectivity index (χ0n) is 9.04. The highest BCUT2D eigenvalue weighted by Gasteiger charge is 2.25. The highest BCUT2D eigenvalue weighted by Crippen LogP contribution is 2.06. The summed E-state index contributed by atoms with van der Waals surface area (Å²) in [6.07, 6.45) is 1.04. The van der Waals surface area contributed by atoms with Crippen LogP contribution in [0.4, 0.5) is 0 Å². The van der Waals surface area contributed by atoms with E-state index >= 15 is 0 Å². The van der Waals surface area contributed by atoms with Crippen molar-refractivity contribution >= 4 is 19.9 Å². The van der Waals surface area contributed by atoms with Crippen LogP contribution in [-0.2, 0) is 19.9 Å². The number of nitrogens with zero attached hydrogens (tertiary/aromatic N) is 1. The zero-order valence-corrected chi connectivity index (χ0v) is 10.7. The highest BCUT2D eigenvalue weighted by molar-refractivity contribution is 7.91. The smallest absolute Gasteiger partial charge is 0.218 e. The molecule has 15 heavy (non-hydrogen) atoms. The van der Waals surface area contributed by atoms with Crippen LogP contribution in [0.5, 0.6) is 0 Å². The molecule has 1 N–H and O–H groups in total. The van der Waals surface area contributed by atoms with Gasteiger partial charge >= 0.3 is 0 Å². The second kappa shape index (κ2) is 5.24. The third-order valence-corrected chi connectivity index (χ3v) is 5.12. The molecule has 92 valence electrons. The standard InChI is InChI=1S/C7H17NO5S2/c1-7(6-9)15(12,13)8(2)4-5-14(3,10)11/h7,9H,4-6H2,1-3H3. The minimum atomic E-state index is -3.59. The Balaban J connectivity index is 4.53. The lowest BCUT2D eigenvalue weighted by atomic mass is 10.5. The Hall–Kier alpha value is -0.180. The highest BCUT2D eigenvalue weighted by atomic mass is 32.2. The molecule has 6 nitrogen and oxygen atoms in total. The lowest BCUT2D eigenvalue weighted by Crippen LogP contribution is -2.38. The summed E-state index contributed by atoms with van der Waals surface area (Å²) >= 11 is 0. The number of hydrogen-bond donors (Lipinski definition) is 1. The van der Waals surface area contributed by atoms with Crippen molar-refractivity contribution < 1.29 is 21.9 Å². The van der Waals surface area contributed by atoms with Gasteiger partial charge in [0, 0.05) is 19.8 Å². The van der Waals surface area contributed by atoms with Crippen molar-refractivity contribution in [3.8, 4) is 0 Å². The third kappa shape index (κ3) is 4.92. The molecule has 0 radical (unpaired) electrons. The van der Waals surface area contributed by atoms with Crippen molar-refractivity contribution in [3.05, 3.63) is 0 Å². The van der Waals surface area contributed by atoms with Crippen LogP contribution in [0.25, 0.3) is 0 Å². The van der Waals surface area contributed by atoms with Crippen LogP contribution in [-0.4, -0.2) is 63.7 Å². The molecule has 0 rings (SSSR count). The summed E-state index contributed by atoms with van der Waals surface area (Å²) in [6, 6.07) is 0. The van der Waals surface area contributed by atoms with Crippen molar-refractivity contribution in [1.29, 1.82) is 0 Å². The molecule has 0 aromatic rings. The average molecular weight is 259 g/mol. The van der Waals surface area contributed by atoms with Crippen LogP contribution in [0.3, 0.4) is 0 Å². The van der Waals surface area contributed by atoms with Gasteiger partial charge in [-0.05, 0) is 6.92 Å². The molecule has 0 saturated heterocycles. The van der Waals surface area contributed by atoms with Crippen molar-refractivity contribution in [3.63, 3.8) is 0 Å². The monoisotopic (exact) mass is 259 g/mol.